The molecule has 0 radical (unpaired) electrons. The predicted octanol–water partition coefficient (Wildman–Crippen LogP) is 21.9. The molecule has 0 aromatic rings. The van der Waals surface area contributed by atoms with Crippen molar-refractivity contribution in [3.05, 3.63) is 0 Å². The van der Waals surface area contributed by atoms with Crippen molar-refractivity contribution in [3.8, 4) is 0 Å². The molecule has 0 aromatic heterocycles. The predicted molar refractivity (Wildman–Crippen MR) is 462 cm³/mol. The average Bonchev–Trinajstić information content (AvgIpc) is 3.90. The maximum atomic E-state index is 5.16. The fraction of sp³-hybridized carbons (Fsp3) is 0.880. The van der Waals surface area contributed by atoms with Gasteiger partial charge in [0.2, 0.25) is 0 Å². The summed E-state index contributed by atoms with van der Waals surface area (Å²) in [6, 6.07) is 2.82. The Morgan fingerprint density at radius 2 is 0.950 bits per heavy atom. The fourth-order valence-corrected chi connectivity index (χ4v) is 8.23. The zero-order chi connectivity index (χ0) is 79.8. The summed E-state index contributed by atoms with van der Waals surface area (Å²) in [5.41, 5.74) is 4.45. The molecule has 0 aliphatic carbocycles. The molecule has 0 bridgehead atoms. The van der Waals surface area contributed by atoms with Crippen molar-refractivity contribution in [1.82, 2.24) is 21.4 Å². The Morgan fingerprint density at radius 1 is 0.430 bits per heavy atom. The van der Waals surface area contributed by atoms with Gasteiger partial charge in [-0.25, -0.2) is 0 Å². The first kappa shape index (κ1) is 116. The summed E-state index contributed by atoms with van der Waals surface area (Å²) in [4.78, 5) is 37.3. The third-order valence-electron chi connectivity index (χ3n) is 14.6. The van der Waals surface area contributed by atoms with E-state index in [0.29, 0.717) is 83.7 Å². The van der Waals surface area contributed by atoms with Gasteiger partial charge in [0.1, 0.15) is 19.3 Å². The number of aliphatic imine (C=N–C) groups is 9. The van der Waals surface area contributed by atoms with Gasteiger partial charge in [-0.1, -0.05) is 277 Å². The van der Waals surface area contributed by atoms with Crippen LogP contribution in [0.1, 0.15) is 315 Å². The lowest BCUT2D eigenvalue weighted by Gasteiger charge is -2.12. The summed E-state index contributed by atoms with van der Waals surface area (Å²) >= 11 is 0. The highest BCUT2D eigenvalue weighted by molar-refractivity contribution is 5.87. The van der Waals surface area contributed by atoms with Gasteiger partial charge in [-0.05, 0) is 97.8 Å². The second-order valence-corrected chi connectivity index (χ2v) is 25.0. The molecule has 17 heteroatoms. The van der Waals surface area contributed by atoms with Crippen LogP contribution in [-0.2, 0) is 14.2 Å². The van der Waals surface area contributed by atoms with Crippen molar-refractivity contribution in [1.29, 1.82) is 0 Å². The Labute approximate surface area is 626 Å². The maximum Gasteiger partial charge on any atom is 0.186 e. The van der Waals surface area contributed by atoms with Gasteiger partial charge in [-0.2, -0.15) is 5.10 Å². The van der Waals surface area contributed by atoms with E-state index in [4.69, 9.17) is 14.2 Å². The second kappa shape index (κ2) is 90.4. The molecule has 0 aromatic carbocycles. The fourth-order valence-electron chi connectivity index (χ4n) is 8.23. The third-order valence-corrected chi connectivity index (χ3v) is 14.6. The second-order valence-electron chi connectivity index (χ2n) is 25.0. The average molecular weight is 1420 g/mol. The van der Waals surface area contributed by atoms with Crippen LogP contribution in [-0.4, -0.2) is 163 Å². The van der Waals surface area contributed by atoms with Crippen LogP contribution in [0.2, 0.25) is 0 Å². The van der Waals surface area contributed by atoms with Crippen LogP contribution in [0.4, 0.5) is 0 Å². The van der Waals surface area contributed by atoms with Crippen LogP contribution in [0.25, 0.3) is 0 Å². The zero-order valence-electron chi connectivity index (χ0n) is 74.4. The molecule has 0 amide bonds. The van der Waals surface area contributed by atoms with E-state index in [2.05, 4.69) is 210 Å². The normalized spacial score (nSPS) is 20.2. The Morgan fingerprint density at radius 3 is 1.13 bits per heavy atom. The molecule has 10 aliphatic heterocycles. The lowest BCUT2D eigenvalue weighted by Crippen LogP contribution is -2.29. The first-order chi connectivity index (χ1) is 48.0. The Hall–Kier alpha value is -4.70. The highest BCUT2D eigenvalue weighted by Crippen LogP contribution is 2.18. The van der Waals surface area contributed by atoms with Crippen LogP contribution in [0.5, 0.6) is 0 Å². The molecule has 7 unspecified atom stereocenters. The van der Waals surface area contributed by atoms with E-state index in [0.717, 1.165) is 95.6 Å². The minimum absolute atomic E-state index is 0.343. The molecule has 10 rings (SSSR count). The van der Waals surface area contributed by atoms with E-state index < -0.39 is 0 Å². The number of hydrogen-bond acceptors (Lipinski definition) is 17. The van der Waals surface area contributed by atoms with Crippen molar-refractivity contribution in [2.24, 2.45) is 115 Å². The van der Waals surface area contributed by atoms with E-state index in [1.165, 1.54) is 43.7 Å². The van der Waals surface area contributed by atoms with Crippen LogP contribution in [0, 0.1) is 65.1 Å². The topological polar surface area (TPSA) is 199 Å². The van der Waals surface area contributed by atoms with Crippen LogP contribution < -0.4 is 21.4 Å². The molecule has 100 heavy (non-hydrogen) atoms. The van der Waals surface area contributed by atoms with E-state index >= 15 is 0 Å². The first-order valence-electron chi connectivity index (χ1n) is 41.1. The highest BCUT2D eigenvalue weighted by Gasteiger charge is 2.19. The van der Waals surface area contributed by atoms with Crippen LogP contribution >= 0.6 is 0 Å². The highest BCUT2D eigenvalue weighted by atomic mass is 16.5. The Bertz CT molecular complexity index is 1600. The Balaban J connectivity index is -0.000000109. The third kappa shape index (κ3) is 71.7. The van der Waals surface area contributed by atoms with Gasteiger partial charge in [0, 0.05) is 61.9 Å². The lowest BCUT2D eigenvalue weighted by atomic mass is 9.95. The number of nitrogens with zero attached hydrogens (tertiary/aromatic N) is 10. The molecule has 0 spiro atoms. The lowest BCUT2D eigenvalue weighted by molar-refractivity contribution is 0.179. The molecule has 4 N–H and O–H groups in total. The number of amidine groups is 1. The molecule has 0 saturated heterocycles. The standard InChI is InChI=1S/3C7H13N.4C6H12N2.3C6H11NO.10C2H6/c1-6(2)7-3-4-8-5-7;2*1-6(2)7-4-3-5-8-7;2*1-5(2)6-3-7-4-8-6;1-5(2)6-7-3-4-8-6;1-5(2)6-3-4-7-8-6;1-5(2)6-3-8-4-7-6;1-5(2)6-3-7-4-8-6;1-5(2)6-7-3-4-8-6;10*1-2/h4,6-7H,3,5H2,1-2H3;6H,3-5H2,1-2H3;5-7H,3-4H2,1-2H3;2*4-6H,3H2,1-2H3,(H,7,8);5H,3-4H2,1-2H3,(H,7,8);4-6,8H,3H2,1-2H3;2*4-6H,3H2,1-2H3;5H,3-4H2,1-2H3;10*1-2H3. The monoisotopic (exact) mass is 1420 g/mol. The molecular weight excluding hydrogens is 1240 g/mol. The van der Waals surface area contributed by atoms with Gasteiger partial charge < -0.3 is 35.6 Å². The summed E-state index contributed by atoms with van der Waals surface area (Å²) in [6.07, 6.45) is 20.4. The number of nitrogens with one attached hydrogen (secondary N) is 4. The molecule has 7 atom stereocenters. The molecule has 600 valence electrons. The van der Waals surface area contributed by atoms with E-state index in [1.807, 2.05) is 157 Å². The van der Waals surface area contributed by atoms with E-state index in [-0.39, 0.29) is 0 Å². The van der Waals surface area contributed by atoms with Crippen molar-refractivity contribution in [2.45, 2.75) is 352 Å². The number of hydrazone groups is 1. The van der Waals surface area contributed by atoms with E-state index in [9.17, 15) is 0 Å². The summed E-state index contributed by atoms with van der Waals surface area (Å²) in [7, 11) is 0. The van der Waals surface area contributed by atoms with Crippen molar-refractivity contribution >= 4 is 61.6 Å². The number of rotatable bonds is 10. The molecule has 0 fully saturated rings. The zero-order valence-corrected chi connectivity index (χ0v) is 74.4. The number of ether oxygens (including phenoxy) is 3. The molecule has 10 aliphatic rings. The SMILES string of the molecule is CC.CC.CC.CC.CC.CC.CC.CC.CC.CC.CC(C)C1=NCCC1.CC(C)C1=NCCN1.CC(C)C1=NCCO1.CC(C)C1CC=NC1.CC(C)C1CC=NN1.CC(C)C1CCC=N1.CC(C)C1CN=CN1.CC(C)C1CN=CN1.CC(C)C1CN=CO1.CC(C)C1COC=N1. The van der Waals surface area contributed by atoms with Gasteiger partial charge >= 0.3 is 0 Å². The van der Waals surface area contributed by atoms with E-state index in [1.54, 1.807) is 25.5 Å². The van der Waals surface area contributed by atoms with Crippen LogP contribution in [0.3, 0.4) is 0 Å². The summed E-state index contributed by atoms with van der Waals surface area (Å²) in [6.45, 7) is 93.0. The summed E-state index contributed by atoms with van der Waals surface area (Å²) in [5, 5.41) is 13.4. The largest absolute Gasteiger partial charge is 0.481 e. The van der Waals surface area contributed by atoms with Gasteiger partial charge in [0.05, 0.1) is 69.4 Å². The van der Waals surface area contributed by atoms with Gasteiger partial charge in [-0.15, -0.1) is 0 Å². The molecule has 17 nitrogen and oxygen atoms in total. The van der Waals surface area contributed by atoms with Crippen LogP contribution in [0.15, 0.2) is 50.0 Å². The quantitative estimate of drug-likeness (QED) is 0.167. The smallest absolute Gasteiger partial charge is 0.186 e. The Kier molecular flexibility index (Phi) is 105. The summed E-state index contributed by atoms with van der Waals surface area (Å²) < 4.78 is 15.2. The van der Waals surface area contributed by atoms with Gasteiger partial charge in [0.15, 0.2) is 18.7 Å². The van der Waals surface area contributed by atoms with Gasteiger partial charge in [0.25, 0.3) is 0 Å². The summed E-state index contributed by atoms with van der Waals surface area (Å²) in [5.74, 6) is 9.57. The first-order valence-corrected chi connectivity index (χ1v) is 41.1. The van der Waals surface area contributed by atoms with Crippen molar-refractivity contribution in [2.75, 3.05) is 65.6 Å². The molecule has 10 heterocycles. The molecular formula is C83H180N14O3. The van der Waals surface area contributed by atoms with Crippen molar-refractivity contribution in [3.63, 3.8) is 0 Å². The molecule has 0 saturated carbocycles. The maximum absolute atomic E-state index is 5.16. The minimum atomic E-state index is 0.343. The minimum Gasteiger partial charge on any atom is -0.481 e. The van der Waals surface area contributed by atoms with Gasteiger partial charge in [-0.3, -0.25) is 44.9 Å². The number of hydrogen-bond donors (Lipinski definition) is 4. The van der Waals surface area contributed by atoms with Crippen molar-refractivity contribution < 1.29 is 14.2 Å².